The summed E-state index contributed by atoms with van der Waals surface area (Å²) in [5, 5.41) is 3.06. The van der Waals surface area contributed by atoms with Crippen LogP contribution < -0.4 is 10.1 Å². The molecule has 0 aliphatic heterocycles. The number of anilines is 1. The van der Waals surface area contributed by atoms with E-state index in [0.29, 0.717) is 18.3 Å². The summed E-state index contributed by atoms with van der Waals surface area (Å²) in [6.45, 7) is 2.29. The van der Waals surface area contributed by atoms with Gasteiger partial charge in [0.25, 0.3) is 0 Å². The van der Waals surface area contributed by atoms with Crippen LogP contribution in [-0.2, 0) is 6.54 Å². The van der Waals surface area contributed by atoms with E-state index in [-0.39, 0.29) is 11.3 Å². The molecule has 0 unspecified atom stereocenters. The second kappa shape index (κ2) is 5.54. The van der Waals surface area contributed by atoms with Crippen molar-refractivity contribution in [1.82, 2.24) is 24.9 Å². The molecular formula is C10H11ClN6O. The minimum absolute atomic E-state index is 0.0724. The fourth-order valence-corrected chi connectivity index (χ4v) is 1.43. The Morgan fingerprint density at radius 2 is 2.11 bits per heavy atom. The number of rotatable bonds is 4. The Kier molecular flexibility index (Phi) is 3.83. The molecule has 0 saturated carbocycles. The fraction of sp³-hybridized carbons (Fsp3) is 0.300. The lowest BCUT2D eigenvalue weighted by Gasteiger charge is -2.05. The van der Waals surface area contributed by atoms with Gasteiger partial charge in [-0.2, -0.15) is 15.0 Å². The average molecular weight is 267 g/mol. The van der Waals surface area contributed by atoms with Crippen molar-refractivity contribution in [2.24, 2.45) is 0 Å². The van der Waals surface area contributed by atoms with Gasteiger partial charge >= 0.3 is 6.01 Å². The summed E-state index contributed by atoms with van der Waals surface area (Å²) in [5.41, 5.74) is 0.831. The molecule has 0 aliphatic carbocycles. The van der Waals surface area contributed by atoms with Crippen molar-refractivity contribution in [2.75, 3.05) is 12.4 Å². The molecular weight excluding hydrogens is 256 g/mol. The van der Waals surface area contributed by atoms with Crippen molar-refractivity contribution < 1.29 is 4.74 Å². The van der Waals surface area contributed by atoms with Gasteiger partial charge in [-0.25, -0.2) is 9.97 Å². The van der Waals surface area contributed by atoms with Gasteiger partial charge in [-0.3, -0.25) is 0 Å². The van der Waals surface area contributed by atoms with E-state index in [4.69, 9.17) is 16.3 Å². The fourth-order valence-electron chi connectivity index (χ4n) is 1.28. The molecule has 0 radical (unpaired) electrons. The summed E-state index contributed by atoms with van der Waals surface area (Å²) < 4.78 is 4.89. The molecule has 0 saturated heterocycles. The highest BCUT2D eigenvalue weighted by atomic mass is 35.5. The molecule has 18 heavy (non-hydrogen) atoms. The highest BCUT2D eigenvalue weighted by Crippen LogP contribution is 2.11. The standard InChI is InChI=1S/C10H11ClN6O/c1-6-12-4-3-7(14-6)5-13-9-15-8(11)16-10(17-9)18-2/h3-4H,5H2,1-2H3,(H,13,15,16,17). The largest absolute Gasteiger partial charge is 0.467 e. The number of methoxy groups -OCH3 is 1. The van der Waals surface area contributed by atoms with Gasteiger partial charge in [0.15, 0.2) is 0 Å². The summed E-state index contributed by atoms with van der Waals surface area (Å²) in [4.78, 5) is 20.0. The minimum atomic E-state index is 0.0724. The van der Waals surface area contributed by atoms with Crippen LogP contribution in [0.3, 0.4) is 0 Å². The van der Waals surface area contributed by atoms with E-state index in [1.54, 1.807) is 12.3 Å². The summed E-state index contributed by atoms with van der Waals surface area (Å²) in [6, 6.07) is 1.97. The Balaban J connectivity index is 2.08. The lowest BCUT2D eigenvalue weighted by atomic mass is 10.4. The van der Waals surface area contributed by atoms with Gasteiger partial charge in [0.05, 0.1) is 19.3 Å². The van der Waals surface area contributed by atoms with Crippen molar-refractivity contribution in [3.8, 4) is 6.01 Å². The monoisotopic (exact) mass is 266 g/mol. The van der Waals surface area contributed by atoms with Gasteiger partial charge in [0.2, 0.25) is 11.2 Å². The zero-order valence-corrected chi connectivity index (χ0v) is 10.6. The number of aryl methyl sites for hydroxylation is 1. The molecule has 8 heteroatoms. The van der Waals surface area contributed by atoms with Crippen LogP contribution in [-0.4, -0.2) is 32.0 Å². The highest BCUT2D eigenvalue weighted by molar-refractivity contribution is 6.28. The maximum absolute atomic E-state index is 5.73. The first-order valence-electron chi connectivity index (χ1n) is 5.15. The zero-order chi connectivity index (χ0) is 13.0. The molecule has 0 spiro atoms. The quantitative estimate of drug-likeness (QED) is 0.891. The molecule has 1 N–H and O–H groups in total. The molecule has 2 rings (SSSR count). The van der Waals surface area contributed by atoms with E-state index in [9.17, 15) is 0 Å². The van der Waals surface area contributed by atoms with E-state index in [0.717, 1.165) is 5.69 Å². The van der Waals surface area contributed by atoms with Crippen LogP contribution in [0.25, 0.3) is 0 Å². The molecule has 0 aliphatic rings. The van der Waals surface area contributed by atoms with E-state index in [1.807, 2.05) is 6.92 Å². The summed E-state index contributed by atoms with van der Waals surface area (Å²) >= 11 is 5.73. The second-order valence-electron chi connectivity index (χ2n) is 3.36. The average Bonchev–Trinajstić information content (AvgIpc) is 2.36. The highest BCUT2D eigenvalue weighted by Gasteiger charge is 2.05. The number of aromatic nitrogens is 5. The Bertz CT molecular complexity index is 550. The van der Waals surface area contributed by atoms with Crippen LogP contribution in [0.2, 0.25) is 5.28 Å². The van der Waals surface area contributed by atoms with Crippen LogP contribution in [0.4, 0.5) is 5.95 Å². The molecule has 0 aromatic carbocycles. The van der Waals surface area contributed by atoms with Gasteiger partial charge in [-0.15, -0.1) is 0 Å². The Morgan fingerprint density at radius 3 is 2.83 bits per heavy atom. The van der Waals surface area contributed by atoms with Crippen molar-refractivity contribution in [3.63, 3.8) is 0 Å². The number of hydrogen-bond donors (Lipinski definition) is 1. The first-order chi connectivity index (χ1) is 8.67. The lowest BCUT2D eigenvalue weighted by Crippen LogP contribution is -2.07. The summed E-state index contributed by atoms with van der Waals surface area (Å²) in [6.07, 6.45) is 1.69. The van der Waals surface area contributed by atoms with Gasteiger partial charge in [0, 0.05) is 6.20 Å². The number of hydrogen-bond acceptors (Lipinski definition) is 7. The Labute approximate surface area is 109 Å². The van der Waals surface area contributed by atoms with Crippen LogP contribution in [0.1, 0.15) is 11.5 Å². The molecule has 2 heterocycles. The molecule has 94 valence electrons. The van der Waals surface area contributed by atoms with Crippen molar-refractivity contribution in [1.29, 1.82) is 0 Å². The Hall–Kier alpha value is -2.02. The second-order valence-corrected chi connectivity index (χ2v) is 3.70. The van der Waals surface area contributed by atoms with Gasteiger partial charge in [-0.05, 0) is 24.6 Å². The molecule has 2 aromatic rings. The molecule has 7 nitrogen and oxygen atoms in total. The third kappa shape index (κ3) is 3.24. The number of nitrogens with one attached hydrogen (secondary N) is 1. The van der Waals surface area contributed by atoms with Crippen LogP contribution in [0, 0.1) is 6.92 Å². The third-order valence-electron chi connectivity index (χ3n) is 2.03. The van der Waals surface area contributed by atoms with Crippen molar-refractivity contribution >= 4 is 17.5 Å². The predicted octanol–water partition coefficient (Wildman–Crippen LogP) is 1.24. The van der Waals surface area contributed by atoms with Crippen molar-refractivity contribution in [2.45, 2.75) is 13.5 Å². The topological polar surface area (TPSA) is 85.7 Å². The van der Waals surface area contributed by atoms with Gasteiger partial charge in [-0.1, -0.05) is 0 Å². The molecule has 0 fully saturated rings. The SMILES string of the molecule is COc1nc(Cl)nc(NCc2ccnc(C)n2)n1. The number of ether oxygens (including phenoxy) is 1. The maximum atomic E-state index is 5.73. The van der Waals surface area contributed by atoms with E-state index >= 15 is 0 Å². The first kappa shape index (κ1) is 12.4. The zero-order valence-electron chi connectivity index (χ0n) is 9.88. The number of halogens is 1. The van der Waals surface area contributed by atoms with Gasteiger partial charge < -0.3 is 10.1 Å². The van der Waals surface area contributed by atoms with E-state index < -0.39 is 0 Å². The van der Waals surface area contributed by atoms with Crippen LogP contribution in [0.5, 0.6) is 6.01 Å². The predicted molar refractivity (Wildman–Crippen MR) is 65.5 cm³/mol. The molecule has 0 bridgehead atoms. The van der Waals surface area contributed by atoms with Gasteiger partial charge in [0.1, 0.15) is 5.82 Å². The normalized spacial score (nSPS) is 10.2. The minimum Gasteiger partial charge on any atom is -0.467 e. The third-order valence-corrected chi connectivity index (χ3v) is 2.20. The number of nitrogens with zero attached hydrogens (tertiary/aromatic N) is 5. The maximum Gasteiger partial charge on any atom is 0.322 e. The molecule has 0 atom stereocenters. The van der Waals surface area contributed by atoms with Crippen molar-refractivity contribution in [3.05, 3.63) is 29.1 Å². The first-order valence-corrected chi connectivity index (χ1v) is 5.53. The van der Waals surface area contributed by atoms with Crippen LogP contribution >= 0.6 is 11.6 Å². The van der Waals surface area contributed by atoms with E-state index in [1.165, 1.54) is 7.11 Å². The summed E-state index contributed by atoms with van der Waals surface area (Å²) in [7, 11) is 1.46. The summed E-state index contributed by atoms with van der Waals surface area (Å²) in [5.74, 6) is 1.05. The molecule has 0 amide bonds. The van der Waals surface area contributed by atoms with Crippen LogP contribution in [0.15, 0.2) is 12.3 Å². The van der Waals surface area contributed by atoms with E-state index in [2.05, 4.69) is 30.2 Å². The molecule has 2 aromatic heterocycles. The Morgan fingerprint density at radius 1 is 1.28 bits per heavy atom. The lowest BCUT2D eigenvalue weighted by molar-refractivity contribution is 0.379. The smallest absolute Gasteiger partial charge is 0.322 e.